The fourth-order valence-electron chi connectivity index (χ4n) is 3.52. The summed E-state index contributed by atoms with van der Waals surface area (Å²) in [5.74, 6) is 0.704. The minimum Gasteiger partial charge on any atom is -0.491 e. The highest BCUT2D eigenvalue weighted by atomic mass is 32.1. The average molecular weight is 440 g/mol. The van der Waals surface area contributed by atoms with Gasteiger partial charge < -0.3 is 25.0 Å². The molecule has 0 saturated carbocycles. The first-order valence-corrected chi connectivity index (χ1v) is 11.1. The van der Waals surface area contributed by atoms with Gasteiger partial charge in [0, 0.05) is 23.3 Å². The highest BCUT2D eigenvalue weighted by Gasteiger charge is 2.21. The van der Waals surface area contributed by atoms with E-state index < -0.39 is 12.1 Å². The Morgan fingerprint density at radius 1 is 1.23 bits per heavy atom. The number of aryl methyl sites for hydroxylation is 1. The molecule has 2 heterocycles. The van der Waals surface area contributed by atoms with Crippen molar-refractivity contribution < 1.29 is 24.5 Å². The number of aliphatic hydroxyl groups is 1. The first kappa shape index (κ1) is 21.4. The standard InChI is InChI=1S/C24H25NO5S/c26-19(14-29-20-4-2-1-3-5-20)12-25-13-21-8-6-16-10-17(7-9-22(16)30-21)23-11-18(15-31-23)24(27)28/h1-5,7,9-11,15,19,21,25-26H,6,8,12-14H2,(H,27,28)/t19-,21+/m0/s1. The van der Waals surface area contributed by atoms with Crippen molar-refractivity contribution in [3.05, 3.63) is 71.1 Å². The van der Waals surface area contributed by atoms with Gasteiger partial charge in [-0.05, 0) is 60.4 Å². The Bertz CT molecular complexity index is 1020. The Morgan fingerprint density at radius 3 is 2.84 bits per heavy atom. The number of benzene rings is 2. The van der Waals surface area contributed by atoms with Gasteiger partial charge in [0.1, 0.15) is 30.3 Å². The summed E-state index contributed by atoms with van der Waals surface area (Å²) >= 11 is 1.43. The molecule has 1 aliphatic heterocycles. The summed E-state index contributed by atoms with van der Waals surface area (Å²) in [5.41, 5.74) is 2.46. The van der Waals surface area contributed by atoms with Crippen molar-refractivity contribution in [2.45, 2.75) is 25.0 Å². The van der Waals surface area contributed by atoms with Gasteiger partial charge in [-0.1, -0.05) is 18.2 Å². The molecule has 162 valence electrons. The zero-order valence-electron chi connectivity index (χ0n) is 17.0. The van der Waals surface area contributed by atoms with Gasteiger partial charge in [-0.2, -0.15) is 0 Å². The zero-order valence-corrected chi connectivity index (χ0v) is 17.8. The predicted octanol–water partition coefficient (Wildman–Crippen LogP) is 3.84. The van der Waals surface area contributed by atoms with Crippen molar-refractivity contribution >= 4 is 17.3 Å². The van der Waals surface area contributed by atoms with E-state index in [1.807, 2.05) is 42.5 Å². The summed E-state index contributed by atoms with van der Waals surface area (Å²) in [4.78, 5) is 12.0. The molecule has 6 nitrogen and oxygen atoms in total. The normalized spacial score (nSPS) is 16.2. The Balaban J connectivity index is 1.25. The second-order valence-electron chi connectivity index (χ2n) is 7.54. The van der Waals surface area contributed by atoms with Crippen LogP contribution in [-0.4, -0.2) is 48.1 Å². The number of aromatic carboxylic acids is 1. The van der Waals surface area contributed by atoms with E-state index in [1.165, 1.54) is 11.3 Å². The van der Waals surface area contributed by atoms with Crippen LogP contribution in [-0.2, 0) is 6.42 Å². The van der Waals surface area contributed by atoms with Gasteiger partial charge in [0.2, 0.25) is 0 Å². The molecule has 0 amide bonds. The van der Waals surface area contributed by atoms with E-state index in [1.54, 1.807) is 11.4 Å². The van der Waals surface area contributed by atoms with E-state index in [0.29, 0.717) is 18.7 Å². The number of nitrogens with one attached hydrogen (secondary N) is 1. The molecular formula is C24H25NO5S. The number of ether oxygens (including phenoxy) is 2. The van der Waals surface area contributed by atoms with Crippen molar-refractivity contribution in [3.8, 4) is 21.9 Å². The average Bonchev–Trinajstić information content (AvgIpc) is 3.29. The number of thiophene rings is 1. The Labute approximate surface area is 185 Å². The van der Waals surface area contributed by atoms with Crippen molar-refractivity contribution in [2.24, 2.45) is 0 Å². The fraction of sp³-hybridized carbons (Fsp3) is 0.292. The number of aliphatic hydroxyl groups excluding tert-OH is 1. The van der Waals surface area contributed by atoms with Crippen molar-refractivity contribution in [1.82, 2.24) is 5.32 Å². The maximum Gasteiger partial charge on any atom is 0.336 e. The number of hydrogen-bond donors (Lipinski definition) is 3. The summed E-state index contributed by atoms with van der Waals surface area (Å²) < 4.78 is 11.7. The lowest BCUT2D eigenvalue weighted by Gasteiger charge is -2.27. The molecule has 2 atom stereocenters. The van der Waals surface area contributed by atoms with Crippen molar-refractivity contribution in [3.63, 3.8) is 0 Å². The third-order valence-corrected chi connectivity index (χ3v) is 6.14. The molecular weight excluding hydrogens is 414 g/mol. The van der Waals surface area contributed by atoms with Crippen LogP contribution in [0.15, 0.2) is 60.0 Å². The Kier molecular flexibility index (Phi) is 6.86. The second kappa shape index (κ2) is 9.96. The summed E-state index contributed by atoms with van der Waals surface area (Å²) in [6.07, 6.45) is 1.22. The van der Waals surface area contributed by atoms with Gasteiger partial charge in [0.05, 0.1) is 5.56 Å². The summed E-state index contributed by atoms with van der Waals surface area (Å²) in [6, 6.07) is 17.2. The first-order valence-electron chi connectivity index (χ1n) is 10.3. The summed E-state index contributed by atoms with van der Waals surface area (Å²) in [7, 11) is 0. The van der Waals surface area contributed by atoms with Gasteiger partial charge in [-0.25, -0.2) is 4.79 Å². The maximum atomic E-state index is 11.1. The fourth-order valence-corrected chi connectivity index (χ4v) is 4.40. The van der Waals surface area contributed by atoms with Crippen LogP contribution >= 0.6 is 11.3 Å². The number of carboxylic acid groups (broad SMARTS) is 1. The molecule has 1 aromatic heterocycles. The van der Waals surface area contributed by atoms with Gasteiger partial charge in [0.25, 0.3) is 0 Å². The number of rotatable bonds is 9. The lowest BCUT2D eigenvalue weighted by atomic mass is 9.99. The third kappa shape index (κ3) is 5.64. The lowest BCUT2D eigenvalue weighted by molar-refractivity contribution is 0.0697. The van der Waals surface area contributed by atoms with E-state index in [0.717, 1.165) is 40.3 Å². The highest BCUT2D eigenvalue weighted by molar-refractivity contribution is 7.13. The molecule has 3 aromatic rings. The van der Waals surface area contributed by atoms with Crippen LogP contribution in [0, 0.1) is 0 Å². The van der Waals surface area contributed by atoms with E-state index in [2.05, 4.69) is 11.4 Å². The van der Waals surface area contributed by atoms with E-state index >= 15 is 0 Å². The molecule has 31 heavy (non-hydrogen) atoms. The maximum absolute atomic E-state index is 11.1. The SMILES string of the molecule is O=C(O)c1csc(-c2ccc3c(c2)CC[C@H](CNC[C@H](O)COc2ccccc2)O3)c1. The molecule has 2 aromatic carbocycles. The quantitative estimate of drug-likeness (QED) is 0.470. The molecule has 0 saturated heterocycles. The number of carbonyl (C=O) groups is 1. The molecule has 7 heteroatoms. The minimum absolute atomic E-state index is 0.0425. The lowest BCUT2D eigenvalue weighted by Crippen LogP contribution is -2.39. The second-order valence-corrected chi connectivity index (χ2v) is 8.45. The molecule has 0 radical (unpaired) electrons. The van der Waals surface area contributed by atoms with Gasteiger partial charge >= 0.3 is 5.97 Å². The van der Waals surface area contributed by atoms with Crippen molar-refractivity contribution in [2.75, 3.05) is 19.7 Å². The number of hydrogen-bond acceptors (Lipinski definition) is 6. The van der Waals surface area contributed by atoms with Gasteiger partial charge in [0.15, 0.2) is 0 Å². The van der Waals surface area contributed by atoms with Crippen LogP contribution in [0.1, 0.15) is 22.3 Å². The van der Waals surface area contributed by atoms with E-state index in [-0.39, 0.29) is 12.7 Å². The number of carboxylic acids is 1. The predicted molar refractivity (Wildman–Crippen MR) is 120 cm³/mol. The van der Waals surface area contributed by atoms with E-state index in [9.17, 15) is 9.90 Å². The molecule has 4 rings (SSSR count). The van der Waals surface area contributed by atoms with Crippen LogP contribution in [0.5, 0.6) is 11.5 Å². The Hall–Kier alpha value is -2.87. The van der Waals surface area contributed by atoms with Crippen LogP contribution in [0.25, 0.3) is 10.4 Å². The van der Waals surface area contributed by atoms with E-state index in [4.69, 9.17) is 14.6 Å². The molecule has 0 spiro atoms. The minimum atomic E-state index is -0.907. The Morgan fingerprint density at radius 2 is 2.06 bits per heavy atom. The highest BCUT2D eigenvalue weighted by Crippen LogP contribution is 2.34. The molecule has 3 N–H and O–H groups in total. The summed E-state index contributed by atoms with van der Waals surface area (Å²) in [5, 5.41) is 24.1. The topological polar surface area (TPSA) is 88.0 Å². The van der Waals surface area contributed by atoms with Crippen LogP contribution in [0.2, 0.25) is 0 Å². The third-order valence-electron chi connectivity index (χ3n) is 5.16. The smallest absolute Gasteiger partial charge is 0.336 e. The molecule has 0 bridgehead atoms. The zero-order chi connectivity index (χ0) is 21.6. The molecule has 0 fully saturated rings. The first-order chi connectivity index (χ1) is 15.1. The van der Waals surface area contributed by atoms with Gasteiger partial charge in [-0.3, -0.25) is 0 Å². The number of fused-ring (bicyclic) bond motifs is 1. The van der Waals surface area contributed by atoms with Gasteiger partial charge in [-0.15, -0.1) is 11.3 Å². The van der Waals surface area contributed by atoms with Crippen LogP contribution < -0.4 is 14.8 Å². The monoisotopic (exact) mass is 439 g/mol. The molecule has 0 aliphatic carbocycles. The molecule has 1 aliphatic rings. The summed E-state index contributed by atoms with van der Waals surface area (Å²) in [6.45, 7) is 1.32. The largest absolute Gasteiger partial charge is 0.491 e. The number of para-hydroxylation sites is 1. The molecule has 0 unspecified atom stereocenters. The van der Waals surface area contributed by atoms with Crippen molar-refractivity contribution in [1.29, 1.82) is 0 Å². The van der Waals surface area contributed by atoms with Crippen LogP contribution in [0.3, 0.4) is 0 Å². The van der Waals surface area contributed by atoms with Crippen LogP contribution in [0.4, 0.5) is 0 Å².